The number of hydrogen-bond acceptors (Lipinski definition) is 6. The molecule has 2 unspecified atom stereocenters. The predicted molar refractivity (Wildman–Crippen MR) is 141 cm³/mol. The normalized spacial score (nSPS) is 15.9. The molecule has 0 fully saturated rings. The molecule has 0 aliphatic carbocycles. The van der Waals surface area contributed by atoms with Crippen molar-refractivity contribution in [2.45, 2.75) is 38.4 Å². The van der Waals surface area contributed by atoms with Gasteiger partial charge in [0.15, 0.2) is 23.1 Å². The van der Waals surface area contributed by atoms with Crippen LogP contribution in [0.15, 0.2) is 57.9 Å². The number of carbonyl (C=O) groups excluding carboxylic acids is 1. The van der Waals surface area contributed by atoms with Crippen molar-refractivity contribution in [1.82, 2.24) is 9.58 Å². The molecular formula is C27H28BrF2N3O5. The van der Waals surface area contributed by atoms with Crippen molar-refractivity contribution in [3.8, 4) is 11.5 Å². The first kappa shape index (κ1) is 27.6. The second kappa shape index (κ2) is 11.5. The van der Waals surface area contributed by atoms with E-state index in [-0.39, 0.29) is 36.6 Å². The van der Waals surface area contributed by atoms with E-state index in [1.54, 1.807) is 29.3 Å². The molecular weight excluding hydrogens is 564 g/mol. The largest absolute Gasteiger partial charge is 0.507 e. The second-order valence-corrected chi connectivity index (χ2v) is 9.80. The number of nitrogens with zero attached hydrogens (tertiary/aromatic N) is 3. The van der Waals surface area contributed by atoms with E-state index in [9.17, 15) is 28.6 Å². The molecule has 2 N–H and O–H groups in total. The van der Waals surface area contributed by atoms with Crippen molar-refractivity contribution < 1.29 is 28.5 Å². The monoisotopic (exact) mass is 591 g/mol. The van der Waals surface area contributed by atoms with Crippen molar-refractivity contribution >= 4 is 21.8 Å². The van der Waals surface area contributed by atoms with Crippen LogP contribution in [0.25, 0.3) is 0 Å². The number of aromatic nitrogens is 1. The van der Waals surface area contributed by atoms with Gasteiger partial charge in [-0.2, -0.15) is 0 Å². The van der Waals surface area contributed by atoms with Gasteiger partial charge in [-0.25, -0.2) is 8.78 Å². The lowest BCUT2D eigenvalue weighted by Gasteiger charge is -2.49. The molecule has 2 atom stereocenters. The first-order valence-electron chi connectivity index (χ1n) is 12.2. The molecule has 0 spiro atoms. The van der Waals surface area contributed by atoms with Crippen molar-refractivity contribution in [2.75, 3.05) is 25.3 Å². The summed E-state index contributed by atoms with van der Waals surface area (Å²) in [6, 6.07) is 8.87. The van der Waals surface area contributed by atoms with Crippen LogP contribution in [-0.2, 0) is 0 Å². The van der Waals surface area contributed by atoms with Gasteiger partial charge in [-0.1, -0.05) is 47.5 Å². The number of hydrogen-bond donors (Lipinski definition) is 2. The molecule has 1 aromatic heterocycles. The maximum Gasteiger partial charge on any atom is 0.277 e. The van der Waals surface area contributed by atoms with E-state index in [4.69, 9.17) is 4.74 Å². The maximum absolute atomic E-state index is 14.6. The number of ether oxygens (including phenoxy) is 1. The quantitative estimate of drug-likeness (QED) is 0.360. The third-order valence-corrected chi connectivity index (χ3v) is 7.24. The predicted octanol–water partition coefficient (Wildman–Crippen LogP) is 4.30. The molecule has 0 saturated heterocycles. The minimum atomic E-state index is -1.22. The Morgan fingerprint density at radius 3 is 2.50 bits per heavy atom. The summed E-state index contributed by atoms with van der Waals surface area (Å²) < 4.78 is 36.4. The molecule has 0 radical (unpaired) electrons. The molecule has 1 aliphatic rings. The number of carbonyl (C=O) groups is 1. The fourth-order valence-electron chi connectivity index (χ4n) is 4.64. The molecule has 3 aromatic rings. The van der Waals surface area contributed by atoms with Gasteiger partial charge in [-0.3, -0.25) is 19.3 Å². The summed E-state index contributed by atoms with van der Waals surface area (Å²) in [7, 11) is 1.52. The van der Waals surface area contributed by atoms with E-state index in [0.29, 0.717) is 22.5 Å². The van der Waals surface area contributed by atoms with Crippen LogP contribution in [0.3, 0.4) is 0 Å². The van der Waals surface area contributed by atoms with Gasteiger partial charge < -0.3 is 19.8 Å². The molecule has 0 bridgehead atoms. The Balaban J connectivity index is 2.05. The highest BCUT2D eigenvalue weighted by atomic mass is 79.9. The van der Waals surface area contributed by atoms with Gasteiger partial charge in [-0.15, -0.1) is 0 Å². The summed E-state index contributed by atoms with van der Waals surface area (Å²) in [6.45, 7) is 1.88. The lowest BCUT2D eigenvalue weighted by Crippen LogP contribution is -2.61. The Kier molecular flexibility index (Phi) is 8.37. The SMILES string of the molecule is CCCCOc1c2n(ccc1=O)N(C(c1cc(F)c(F)cc1O)c1ccccc1Br)C(CCO)N(C)C2=O. The van der Waals surface area contributed by atoms with Crippen molar-refractivity contribution in [2.24, 2.45) is 0 Å². The number of halogens is 3. The zero-order valence-electron chi connectivity index (χ0n) is 20.9. The summed E-state index contributed by atoms with van der Waals surface area (Å²) in [6.07, 6.45) is 2.15. The van der Waals surface area contributed by atoms with E-state index in [2.05, 4.69) is 15.9 Å². The van der Waals surface area contributed by atoms with Crippen molar-refractivity contribution in [3.63, 3.8) is 0 Å². The molecule has 0 saturated carbocycles. The van der Waals surface area contributed by atoms with E-state index >= 15 is 0 Å². The average Bonchev–Trinajstić information content (AvgIpc) is 2.89. The smallest absolute Gasteiger partial charge is 0.277 e. The van der Waals surface area contributed by atoms with Gasteiger partial charge >= 0.3 is 0 Å². The molecule has 2 aromatic carbocycles. The van der Waals surface area contributed by atoms with Gasteiger partial charge in [0, 0.05) is 48.4 Å². The number of unbranched alkanes of at least 4 members (excludes halogenated alkanes) is 1. The van der Waals surface area contributed by atoms with Gasteiger partial charge in [0.25, 0.3) is 5.91 Å². The first-order chi connectivity index (χ1) is 18.2. The Bertz CT molecular complexity index is 1400. The third-order valence-electron chi connectivity index (χ3n) is 6.52. The van der Waals surface area contributed by atoms with Gasteiger partial charge in [0.05, 0.1) is 6.61 Å². The fourth-order valence-corrected chi connectivity index (χ4v) is 5.14. The van der Waals surface area contributed by atoms with Gasteiger partial charge in [0.1, 0.15) is 18.0 Å². The summed E-state index contributed by atoms with van der Waals surface area (Å²) in [5.74, 6) is -3.53. The van der Waals surface area contributed by atoms with Crippen LogP contribution in [0.1, 0.15) is 53.8 Å². The van der Waals surface area contributed by atoms with Crippen LogP contribution in [0, 0.1) is 11.6 Å². The van der Waals surface area contributed by atoms with Crippen molar-refractivity contribution in [1.29, 1.82) is 0 Å². The number of aliphatic hydroxyl groups excluding tert-OH is 1. The highest BCUT2D eigenvalue weighted by molar-refractivity contribution is 9.10. The number of rotatable bonds is 9. The number of aliphatic hydroxyl groups is 1. The molecule has 1 amide bonds. The van der Waals surface area contributed by atoms with Crippen LogP contribution in [0.5, 0.6) is 11.5 Å². The zero-order chi connectivity index (χ0) is 27.6. The van der Waals surface area contributed by atoms with E-state index < -0.39 is 40.9 Å². The summed E-state index contributed by atoms with van der Waals surface area (Å²) in [4.78, 5) is 27.8. The summed E-state index contributed by atoms with van der Waals surface area (Å²) in [5, 5.41) is 22.4. The van der Waals surface area contributed by atoms with Crippen LogP contribution < -0.4 is 15.2 Å². The molecule has 202 valence electrons. The standard InChI is InChI=1S/C27H28BrF2N3O5/c1-3-4-13-38-26-21(35)9-11-32-25(26)27(37)31(2)23(10-12-34)33(32)24(16-7-5-6-8-18(16)28)17-14-19(29)20(30)15-22(17)36/h5-9,11,14-15,23-24,34,36H,3-4,10,12-13H2,1-2H3. The first-order valence-corrected chi connectivity index (χ1v) is 13.0. The lowest BCUT2D eigenvalue weighted by atomic mass is 9.95. The molecule has 38 heavy (non-hydrogen) atoms. The minimum absolute atomic E-state index is 0.0135. The molecule has 11 heteroatoms. The maximum atomic E-state index is 14.6. The van der Waals surface area contributed by atoms with E-state index in [1.165, 1.54) is 28.9 Å². The number of pyridine rings is 1. The molecule has 4 rings (SSSR count). The fraction of sp³-hybridized carbons (Fsp3) is 0.333. The minimum Gasteiger partial charge on any atom is -0.507 e. The Morgan fingerprint density at radius 1 is 1.11 bits per heavy atom. The van der Waals surface area contributed by atoms with Crippen LogP contribution in [0.4, 0.5) is 8.78 Å². The topological polar surface area (TPSA) is 95.2 Å². The number of phenols is 1. The van der Waals surface area contributed by atoms with Crippen molar-refractivity contribution in [3.05, 3.63) is 91.8 Å². The Labute approximate surface area is 226 Å². The van der Waals surface area contributed by atoms with Crippen LogP contribution >= 0.6 is 15.9 Å². The second-order valence-electron chi connectivity index (χ2n) is 8.94. The Morgan fingerprint density at radius 2 is 1.82 bits per heavy atom. The number of aromatic hydroxyl groups is 1. The van der Waals surface area contributed by atoms with Crippen LogP contribution in [0.2, 0.25) is 0 Å². The van der Waals surface area contributed by atoms with Gasteiger partial charge in [0.2, 0.25) is 5.43 Å². The van der Waals surface area contributed by atoms with E-state index in [0.717, 1.165) is 12.5 Å². The summed E-state index contributed by atoms with van der Waals surface area (Å²) in [5.41, 5.74) is 0.0318. The summed E-state index contributed by atoms with van der Waals surface area (Å²) >= 11 is 3.52. The van der Waals surface area contributed by atoms with E-state index in [1.807, 2.05) is 6.92 Å². The number of phenolic OH excluding ortho intramolecular Hbond substituents is 1. The molecule has 1 aliphatic heterocycles. The zero-order valence-corrected chi connectivity index (χ0v) is 22.5. The van der Waals surface area contributed by atoms with Gasteiger partial charge in [-0.05, 0) is 24.1 Å². The lowest BCUT2D eigenvalue weighted by molar-refractivity contribution is 0.0576. The Hall–Kier alpha value is -3.44. The number of fused-ring (bicyclic) bond motifs is 1. The molecule has 2 heterocycles. The highest BCUT2D eigenvalue weighted by Crippen LogP contribution is 2.41. The number of benzene rings is 2. The average molecular weight is 592 g/mol. The number of amides is 1. The molecule has 8 nitrogen and oxygen atoms in total. The van der Waals surface area contributed by atoms with Crippen LogP contribution in [-0.4, -0.2) is 52.1 Å². The third kappa shape index (κ3) is 5.00. The highest BCUT2D eigenvalue weighted by Gasteiger charge is 2.43.